The maximum atomic E-state index is 5.49. The molecule has 0 aromatic heterocycles. The molecule has 82 valence electrons. The third-order valence-electron chi connectivity index (χ3n) is 1.76. The predicted octanol–water partition coefficient (Wildman–Crippen LogP) is 3.42. The predicted molar refractivity (Wildman–Crippen MR) is 65.3 cm³/mol. The molecular formula is C12H15BrO2. The molecule has 3 heteroatoms. The van der Waals surface area contributed by atoms with Gasteiger partial charge in [-0.15, -0.1) is 6.58 Å². The second kappa shape index (κ2) is 7.49. The monoisotopic (exact) mass is 270 g/mol. The van der Waals surface area contributed by atoms with Crippen molar-refractivity contribution in [3.8, 4) is 5.75 Å². The Kier molecular flexibility index (Phi) is 6.12. The molecule has 15 heavy (non-hydrogen) atoms. The molecule has 0 saturated heterocycles. The molecule has 0 aliphatic heterocycles. The number of hydrogen-bond acceptors (Lipinski definition) is 2. The molecule has 0 saturated carbocycles. The van der Waals surface area contributed by atoms with E-state index in [4.69, 9.17) is 9.47 Å². The van der Waals surface area contributed by atoms with Crippen LogP contribution in [0.25, 0.3) is 0 Å². The van der Waals surface area contributed by atoms with Gasteiger partial charge in [-0.05, 0) is 24.6 Å². The average molecular weight is 271 g/mol. The van der Waals surface area contributed by atoms with Crippen LogP contribution in [0.3, 0.4) is 0 Å². The van der Waals surface area contributed by atoms with Gasteiger partial charge in [0, 0.05) is 4.47 Å². The van der Waals surface area contributed by atoms with Crippen molar-refractivity contribution >= 4 is 15.9 Å². The Bertz CT molecular complexity index is 299. The van der Waals surface area contributed by atoms with Gasteiger partial charge in [0.25, 0.3) is 0 Å². The van der Waals surface area contributed by atoms with E-state index in [-0.39, 0.29) is 0 Å². The highest BCUT2D eigenvalue weighted by Gasteiger charge is 1.94. The van der Waals surface area contributed by atoms with Gasteiger partial charge < -0.3 is 9.47 Å². The summed E-state index contributed by atoms with van der Waals surface area (Å²) in [5.41, 5.74) is 0. The van der Waals surface area contributed by atoms with Gasteiger partial charge in [-0.25, -0.2) is 0 Å². The molecule has 0 atom stereocenters. The highest BCUT2D eigenvalue weighted by atomic mass is 79.9. The molecule has 0 aliphatic rings. The molecule has 0 spiro atoms. The van der Waals surface area contributed by atoms with Crippen LogP contribution < -0.4 is 4.74 Å². The van der Waals surface area contributed by atoms with Gasteiger partial charge in [-0.1, -0.05) is 28.1 Å². The third kappa shape index (κ3) is 5.60. The van der Waals surface area contributed by atoms with E-state index in [0.717, 1.165) is 16.6 Å². The first kappa shape index (κ1) is 12.3. The second-order valence-electron chi connectivity index (χ2n) is 3.00. The summed E-state index contributed by atoms with van der Waals surface area (Å²) in [7, 11) is 0. The van der Waals surface area contributed by atoms with Crippen LogP contribution in [0.4, 0.5) is 0 Å². The summed E-state index contributed by atoms with van der Waals surface area (Å²) in [6.07, 6.45) is 2.73. The quantitative estimate of drug-likeness (QED) is 0.559. The standard InChI is InChI=1S/C12H15BrO2/c1-2-3-7-14-8-9-15-12-6-4-5-11(13)10-12/h2,4-6,10H,1,3,7-9H2. The maximum absolute atomic E-state index is 5.49. The average Bonchev–Trinajstić information content (AvgIpc) is 2.23. The molecule has 2 nitrogen and oxygen atoms in total. The van der Waals surface area contributed by atoms with E-state index in [0.29, 0.717) is 19.8 Å². The molecule has 0 unspecified atom stereocenters. The van der Waals surface area contributed by atoms with E-state index in [1.807, 2.05) is 30.3 Å². The van der Waals surface area contributed by atoms with Crippen molar-refractivity contribution in [1.29, 1.82) is 0 Å². The van der Waals surface area contributed by atoms with E-state index in [2.05, 4.69) is 22.5 Å². The topological polar surface area (TPSA) is 18.5 Å². The van der Waals surface area contributed by atoms with Gasteiger partial charge in [-0.2, -0.15) is 0 Å². The van der Waals surface area contributed by atoms with Crippen LogP contribution in [0.15, 0.2) is 41.4 Å². The fraction of sp³-hybridized carbons (Fsp3) is 0.333. The minimum atomic E-state index is 0.577. The summed E-state index contributed by atoms with van der Waals surface area (Å²) in [6, 6.07) is 7.77. The van der Waals surface area contributed by atoms with Gasteiger partial charge in [-0.3, -0.25) is 0 Å². The van der Waals surface area contributed by atoms with Crippen molar-refractivity contribution in [2.45, 2.75) is 6.42 Å². The molecule has 0 N–H and O–H groups in total. The van der Waals surface area contributed by atoms with Crippen LogP contribution in [-0.2, 0) is 4.74 Å². The van der Waals surface area contributed by atoms with Gasteiger partial charge in [0.15, 0.2) is 0 Å². The number of benzene rings is 1. The maximum Gasteiger partial charge on any atom is 0.120 e. The van der Waals surface area contributed by atoms with Gasteiger partial charge in [0.2, 0.25) is 0 Å². The van der Waals surface area contributed by atoms with E-state index in [9.17, 15) is 0 Å². The Morgan fingerprint density at radius 1 is 1.27 bits per heavy atom. The van der Waals surface area contributed by atoms with Crippen molar-refractivity contribution < 1.29 is 9.47 Å². The van der Waals surface area contributed by atoms with Gasteiger partial charge in [0.05, 0.1) is 13.2 Å². The minimum absolute atomic E-state index is 0.577. The van der Waals surface area contributed by atoms with Crippen molar-refractivity contribution in [1.82, 2.24) is 0 Å². The van der Waals surface area contributed by atoms with Crippen LogP contribution in [0.2, 0.25) is 0 Å². The summed E-state index contributed by atoms with van der Waals surface area (Å²) in [4.78, 5) is 0. The van der Waals surface area contributed by atoms with Crippen molar-refractivity contribution in [2.24, 2.45) is 0 Å². The fourth-order valence-electron chi connectivity index (χ4n) is 1.04. The first-order valence-electron chi connectivity index (χ1n) is 4.90. The van der Waals surface area contributed by atoms with E-state index < -0.39 is 0 Å². The Morgan fingerprint density at radius 3 is 2.87 bits per heavy atom. The largest absolute Gasteiger partial charge is 0.491 e. The number of rotatable bonds is 7. The molecule has 1 rings (SSSR count). The first-order chi connectivity index (χ1) is 7.33. The zero-order valence-corrected chi connectivity index (χ0v) is 10.2. The lowest BCUT2D eigenvalue weighted by Crippen LogP contribution is -2.07. The zero-order chi connectivity index (χ0) is 10.9. The van der Waals surface area contributed by atoms with Crippen LogP contribution in [0.1, 0.15) is 6.42 Å². The smallest absolute Gasteiger partial charge is 0.120 e. The fourth-order valence-corrected chi connectivity index (χ4v) is 1.42. The number of ether oxygens (including phenoxy) is 2. The number of hydrogen-bond donors (Lipinski definition) is 0. The normalized spacial score (nSPS) is 9.93. The Labute approximate surface area is 99.0 Å². The van der Waals surface area contributed by atoms with Crippen LogP contribution >= 0.6 is 15.9 Å². The summed E-state index contributed by atoms with van der Waals surface area (Å²) < 4.78 is 11.8. The van der Waals surface area contributed by atoms with E-state index >= 15 is 0 Å². The first-order valence-corrected chi connectivity index (χ1v) is 5.69. The molecule has 0 bridgehead atoms. The molecule has 0 aliphatic carbocycles. The SMILES string of the molecule is C=CCCOCCOc1cccc(Br)c1. The number of halogens is 1. The van der Waals surface area contributed by atoms with Crippen LogP contribution in [-0.4, -0.2) is 19.8 Å². The summed E-state index contributed by atoms with van der Waals surface area (Å²) >= 11 is 3.38. The van der Waals surface area contributed by atoms with Crippen molar-refractivity contribution in [2.75, 3.05) is 19.8 Å². The van der Waals surface area contributed by atoms with Crippen molar-refractivity contribution in [3.05, 3.63) is 41.4 Å². The Morgan fingerprint density at radius 2 is 2.13 bits per heavy atom. The van der Waals surface area contributed by atoms with E-state index in [1.54, 1.807) is 0 Å². The van der Waals surface area contributed by atoms with Crippen LogP contribution in [0.5, 0.6) is 5.75 Å². The molecular weight excluding hydrogens is 256 g/mol. The molecule has 1 aromatic rings. The molecule has 1 aromatic carbocycles. The molecule has 0 amide bonds. The lowest BCUT2D eigenvalue weighted by atomic mass is 10.3. The van der Waals surface area contributed by atoms with Gasteiger partial charge >= 0.3 is 0 Å². The summed E-state index contributed by atoms with van der Waals surface area (Å²) in [6.45, 7) is 5.52. The summed E-state index contributed by atoms with van der Waals surface area (Å²) in [5, 5.41) is 0. The van der Waals surface area contributed by atoms with Crippen LogP contribution in [0, 0.1) is 0 Å². The molecule has 0 radical (unpaired) electrons. The highest BCUT2D eigenvalue weighted by Crippen LogP contribution is 2.17. The lowest BCUT2D eigenvalue weighted by molar-refractivity contribution is 0.103. The molecule has 0 fully saturated rings. The lowest BCUT2D eigenvalue weighted by Gasteiger charge is -2.06. The van der Waals surface area contributed by atoms with Gasteiger partial charge in [0.1, 0.15) is 12.4 Å². The molecule has 0 heterocycles. The summed E-state index contributed by atoms with van der Waals surface area (Å²) in [5.74, 6) is 0.858. The third-order valence-corrected chi connectivity index (χ3v) is 2.25. The minimum Gasteiger partial charge on any atom is -0.491 e. The Hall–Kier alpha value is -0.800. The van der Waals surface area contributed by atoms with E-state index in [1.165, 1.54) is 0 Å². The zero-order valence-electron chi connectivity index (χ0n) is 8.62. The second-order valence-corrected chi connectivity index (χ2v) is 3.91. The van der Waals surface area contributed by atoms with Crippen molar-refractivity contribution in [3.63, 3.8) is 0 Å². The Balaban J connectivity index is 2.12. The highest BCUT2D eigenvalue weighted by molar-refractivity contribution is 9.10.